The standard InChI is InChI=1S/C20H17Cl2F3N2O5/c1-5-6-31-18(30)19(2,3)32-17(29)11-7-10(12(21)8-13(11)22)16-14(28)9-15(20(23,24)25)27(4)26-16/h5,7-9H,1,6H2,2-4H3. The summed E-state index contributed by atoms with van der Waals surface area (Å²) in [7, 11) is 1.00. The van der Waals surface area contributed by atoms with Crippen molar-refractivity contribution in [3.05, 3.63) is 62.4 Å². The van der Waals surface area contributed by atoms with Gasteiger partial charge in [-0.05, 0) is 26.0 Å². The van der Waals surface area contributed by atoms with Crippen LogP contribution in [0.3, 0.4) is 0 Å². The summed E-state index contributed by atoms with van der Waals surface area (Å²) in [5.41, 5.74) is -4.93. The lowest BCUT2D eigenvalue weighted by molar-refractivity contribution is -0.161. The third kappa shape index (κ3) is 5.49. The molecule has 0 saturated carbocycles. The number of nitrogens with zero attached hydrogens (tertiary/aromatic N) is 2. The summed E-state index contributed by atoms with van der Waals surface area (Å²) in [6.07, 6.45) is -3.47. The molecule has 7 nitrogen and oxygen atoms in total. The Morgan fingerprint density at radius 1 is 1.19 bits per heavy atom. The number of esters is 2. The minimum Gasteiger partial charge on any atom is -0.459 e. The van der Waals surface area contributed by atoms with Gasteiger partial charge in [-0.2, -0.15) is 18.3 Å². The highest BCUT2D eigenvalue weighted by molar-refractivity contribution is 6.38. The number of halogens is 5. The molecule has 0 radical (unpaired) electrons. The van der Waals surface area contributed by atoms with Gasteiger partial charge < -0.3 is 9.47 Å². The lowest BCUT2D eigenvalue weighted by Gasteiger charge is -2.23. The smallest absolute Gasteiger partial charge is 0.433 e. The van der Waals surface area contributed by atoms with Gasteiger partial charge in [-0.15, -0.1) is 0 Å². The van der Waals surface area contributed by atoms with Gasteiger partial charge in [-0.3, -0.25) is 9.48 Å². The van der Waals surface area contributed by atoms with Crippen molar-refractivity contribution in [2.24, 2.45) is 7.05 Å². The topological polar surface area (TPSA) is 87.5 Å². The quantitative estimate of drug-likeness (QED) is 0.437. The SMILES string of the molecule is C=CCOC(=O)C(C)(C)OC(=O)c1cc(-c2nn(C)c(C(F)(F)F)cc2=O)c(Cl)cc1Cl. The van der Waals surface area contributed by atoms with Crippen LogP contribution in [0, 0.1) is 0 Å². The number of rotatable bonds is 6. The fraction of sp³-hybridized carbons (Fsp3) is 0.300. The van der Waals surface area contributed by atoms with Gasteiger partial charge in [0.25, 0.3) is 0 Å². The van der Waals surface area contributed by atoms with Crippen LogP contribution in [-0.4, -0.2) is 33.9 Å². The molecular formula is C20H17Cl2F3N2O5. The molecule has 12 heteroatoms. The van der Waals surface area contributed by atoms with E-state index in [1.807, 2.05) is 0 Å². The van der Waals surface area contributed by atoms with Crippen LogP contribution in [0.25, 0.3) is 11.3 Å². The first-order valence-electron chi connectivity index (χ1n) is 8.85. The Bertz CT molecular complexity index is 1140. The molecule has 0 aliphatic heterocycles. The first kappa shape index (κ1) is 25.4. The fourth-order valence-corrected chi connectivity index (χ4v) is 3.06. The lowest BCUT2D eigenvalue weighted by atomic mass is 10.1. The van der Waals surface area contributed by atoms with Gasteiger partial charge in [0.15, 0.2) is 0 Å². The molecule has 1 heterocycles. The van der Waals surface area contributed by atoms with Crippen LogP contribution in [-0.2, 0) is 27.5 Å². The third-order valence-electron chi connectivity index (χ3n) is 4.09. The highest BCUT2D eigenvalue weighted by Crippen LogP contribution is 2.33. The molecule has 2 rings (SSSR count). The summed E-state index contributed by atoms with van der Waals surface area (Å²) in [6, 6.07) is 2.52. The van der Waals surface area contributed by atoms with Crippen LogP contribution in [0.4, 0.5) is 13.2 Å². The average molecular weight is 493 g/mol. The number of aromatic nitrogens is 2. The molecule has 1 aromatic heterocycles. The number of carbonyl (C=O) groups excluding carboxylic acids is 2. The number of benzene rings is 1. The van der Waals surface area contributed by atoms with E-state index in [1.165, 1.54) is 19.9 Å². The van der Waals surface area contributed by atoms with E-state index in [0.717, 1.165) is 19.2 Å². The third-order valence-corrected chi connectivity index (χ3v) is 4.72. The predicted molar refractivity (Wildman–Crippen MR) is 111 cm³/mol. The number of ether oxygens (including phenoxy) is 2. The monoisotopic (exact) mass is 492 g/mol. The number of carbonyl (C=O) groups is 2. The van der Waals surface area contributed by atoms with E-state index in [2.05, 4.69) is 11.7 Å². The largest absolute Gasteiger partial charge is 0.459 e. The lowest BCUT2D eigenvalue weighted by Crippen LogP contribution is -2.39. The predicted octanol–water partition coefficient (Wildman–Crippen LogP) is 4.44. The van der Waals surface area contributed by atoms with Crippen LogP contribution in [0.5, 0.6) is 0 Å². The van der Waals surface area contributed by atoms with E-state index in [-0.39, 0.29) is 27.8 Å². The molecule has 0 bridgehead atoms. The van der Waals surface area contributed by atoms with Gasteiger partial charge in [0.05, 0.1) is 15.6 Å². The van der Waals surface area contributed by atoms with Crippen molar-refractivity contribution in [1.82, 2.24) is 9.78 Å². The van der Waals surface area contributed by atoms with E-state index >= 15 is 0 Å². The van der Waals surface area contributed by atoms with Gasteiger partial charge >= 0.3 is 18.1 Å². The molecule has 0 aliphatic carbocycles. The Morgan fingerprint density at radius 2 is 1.81 bits per heavy atom. The summed E-state index contributed by atoms with van der Waals surface area (Å²) < 4.78 is 49.6. The van der Waals surface area contributed by atoms with E-state index in [1.54, 1.807) is 0 Å². The average Bonchev–Trinajstić information content (AvgIpc) is 2.66. The normalized spacial score (nSPS) is 11.8. The van der Waals surface area contributed by atoms with Gasteiger partial charge in [0.2, 0.25) is 11.0 Å². The van der Waals surface area contributed by atoms with Crippen molar-refractivity contribution >= 4 is 35.1 Å². The number of hydrogen-bond acceptors (Lipinski definition) is 6. The van der Waals surface area contributed by atoms with E-state index < -0.39 is 40.5 Å². The highest BCUT2D eigenvalue weighted by atomic mass is 35.5. The first-order chi connectivity index (χ1) is 14.7. The molecule has 32 heavy (non-hydrogen) atoms. The fourth-order valence-electron chi connectivity index (χ4n) is 2.51. The van der Waals surface area contributed by atoms with Crippen LogP contribution in [0.2, 0.25) is 10.0 Å². The van der Waals surface area contributed by atoms with Crippen molar-refractivity contribution in [3.63, 3.8) is 0 Å². The van der Waals surface area contributed by atoms with Crippen molar-refractivity contribution in [3.8, 4) is 11.3 Å². The van der Waals surface area contributed by atoms with Crippen molar-refractivity contribution in [2.45, 2.75) is 25.6 Å². The Kier molecular flexibility index (Phi) is 7.41. The maximum absolute atomic E-state index is 13.0. The van der Waals surface area contributed by atoms with Crippen LogP contribution in [0.1, 0.15) is 29.9 Å². The highest BCUT2D eigenvalue weighted by Gasteiger charge is 2.36. The Labute approximate surface area is 190 Å². The maximum atomic E-state index is 13.0. The summed E-state index contributed by atoms with van der Waals surface area (Å²) in [6.45, 7) is 5.87. The molecule has 0 saturated heterocycles. The number of hydrogen-bond donors (Lipinski definition) is 0. The molecule has 1 aromatic carbocycles. The zero-order valence-corrected chi connectivity index (χ0v) is 18.6. The Morgan fingerprint density at radius 3 is 2.38 bits per heavy atom. The van der Waals surface area contributed by atoms with Gasteiger partial charge in [-0.1, -0.05) is 35.9 Å². The zero-order chi connectivity index (χ0) is 24.4. The molecule has 0 aliphatic rings. The summed E-state index contributed by atoms with van der Waals surface area (Å²) >= 11 is 12.2. The van der Waals surface area contributed by atoms with Gasteiger partial charge in [-0.25, -0.2) is 9.59 Å². The van der Waals surface area contributed by atoms with Crippen molar-refractivity contribution in [2.75, 3.05) is 6.61 Å². The second-order valence-corrected chi connectivity index (χ2v) is 7.78. The van der Waals surface area contributed by atoms with Crippen molar-refractivity contribution < 1.29 is 32.2 Å². The van der Waals surface area contributed by atoms with Crippen LogP contribution >= 0.6 is 23.2 Å². The second kappa shape index (κ2) is 9.33. The molecular weight excluding hydrogens is 476 g/mol. The molecule has 0 N–H and O–H groups in total. The molecule has 0 amide bonds. The second-order valence-electron chi connectivity index (χ2n) is 6.96. The maximum Gasteiger partial charge on any atom is 0.433 e. The van der Waals surface area contributed by atoms with Gasteiger partial charge in [0.1, 0.15) is 18.0 Å². The molecule has 2 aromatic rings. The summed E-state index contributed by atoms with van der Waals surface area (Å²) in [5.74, 6) is -1.91. The van der Waals surface area contributed by atoms with Gasteiger partial charge in [0, 0.05) is 18.7 Å². The molecule has 0 spiro atoms. The molecule has 0 atom stereocenters. The zero-order valence-electron chi connectivity index (χ0n) is 17.0. The van der Waals surface area contributed by atoms with Crippen molar-refractivity contribution in [1.29, 1.82) is 0 Å². The minimum absolute atomic E-state index is 0.103. The Balaban J connectivity index is 2.50. The van der Waals surface area contributed by atoms with Crippen LogP contribution in [0.15, 0.2) is 35.6 Å². The van der Waals surface area contributed by atoms with E-state index in [4.69, 9.17) is 32.7 Å². The van der Waals surface area contributed by atoms with E-state index in [0.29, 0.717) is 10.7 Å². The first-order valence-corrected chi connectivity index (χ1v) is 9.61. The molecule has 172 valence electrons. The summed E-state index contributed by atoms with van der Waals surface area (Å²) in [4.78, 5) is 37.1. The summed E-state index contributed by atoms with van der Waals surface area (Å²) in [5, 5.41) is 3.34. The van der Waals surface area contributed by atoms with Crippen LogP contribution < -0.4 is 5.43 Å². The minimum atomic E-state index is -4.80. The number of alkyl halides is 3. The molecule has 0 fully saturated rings. The molecule has 0 unspecified atom stereocenters. The van der Waals surface area contributed by atoms with E-state index in [9.17, 15) is 27.6 Å². The Hall–Kier alpha value is -2.85. The number of aryl methyl sites for hydroxylation is 1.